The Morgan fingerprint density at radius 1 is 1.32 bits per heavy atom. The molecular weight excluding hydrogens is 466 g/mol. The van der Waals surface area contributed by atoms with Crippen molar-refractivity contribution in [2.75, 3.05) is 7.11 Å². The molecule has 160 valence electrons. The van der Waals surface area contributed by atoms with Crippen molar-refractivity contribution in [1.82, 2.24) is 15.2 Å². The van der Waals surface area contributed by atoms with Crippen molar-refractivity contribution in [3.63, 3.8) is 0 Å². The van der Waals surface area contributed by atoms with Gasteiger partial charge in [-0.15, -0.1) is 0 Å². The number of carbonyl (C=O) groups is 1. The van der Waals surface area contributed by atoms with Gasteiger partial charge in [0.1, 0.15) is 5.75 Å². The number of ether oxygens (including phenoxy) is 1. The van der Waals surface area contributed by atoms with E-state index in [4.69, 9.17) is 4.74 Å². The van der Waals surface area contributed by atoms with E-state index in [1.54, 1.807) is 7.11 Å². The lowest BCUT2D eigenvalue weighted by molar-refractivity contribution is -0.384. The molecule has 0 fully saturated rings. The van der Waals surface area contributed by atoms with Crippen LogP contribution in [0.25, 0.3) is 0 Å². The predicted octanol–water partition coefficient (Wildman–Crippen LogP) is 3.99. The van der Waals surface area contributed by atoms with E-state index in [-0.39, 0.29) is 11.3 Å². The molecule has 0 saturated heterocycles. The van der Waals surface area contributed by atoms with Gasteiger partial charge in [0.2, 0.25) is 0 Å². The van der Waals surface area contributed by atoms with Gasteiger partial charge in [-0.05, 0) is 59.6 Å². The van der Waals surface area contributed by atoms with Crippen molar-refractivity contribution in [3.05, 3.63) is 85.1 Å². The van der Waals surface area contributed by atoms with Crippen molar-refractivity contribution >= 4 is 33.7 Å². The maximum Gasteiger partial charge on any atom is 0.271 e. The van der Waals surface area contributed by atoms with Gasteiger partial charge in [0.05, 0.1) is 40.7 Å². The summed E-state index contributed by atoms with van der Waals surface area (Å²) in [4.78, 5) is 22.5. The molecule has 10 heteroatoms. The third kappa shape index (κ3) is 5.15. The quantitative estimate of drug-likeness (QED) is 0.308. The van der Waals surface area contributed by atoms with Crippen LogP contribution in [0.15, 0.2) is 52.0 Å². The average molecular weight is 486 g/mol. The first-order valence-corrected chi connectivity index (χ1v) is 10.0. The smallest absolute Gasteiger partial charge is 0.271 e. The number of amides is 1. The molecule has 0 saturated carbocycles. The van der Waals surface area contributed by atoms with Crippen LogP contribution in [0.1, 0.15) is 32.9 Å². The molecule has 0 radical (unpaired) electrons. The SMILES string of the molecule is COc1ccc(C=NNC(=O)c2cccc([N+](=O)[O-])c2)cc1Cn1nc(C)c(Br)c1C. The van der Waals surface area contributed by atoms with Crippen molar-refractivity contribution in [1.29, 1.82) is 0 Å². The number of aryl methyl sites for hydroxylation is 1. The fraction of sp³-hybridized carbons (Fsp3) is 0.190. The third-order valence-corrected chi connectivity index (χ3v) is 5.76. The minimum atomic E-state index is -0.555. The Balaban J connectivity index is 1.76. The second-order valence-electron chi connectivity index (χ2n) is 6.72. The maximum atomic E-state index is 12.2. The number of benzene rings is 2. The molecule has 1 heterocycles. The van der Waals surface area contributed by atoms with Crippen molar-refractivity contribution in [2.45, 2.75) is 20.4 Å². The van der Waals surface area contributed by atoms with Gasteiger partial charge < -0.3 is 4.74 Å². The first-order chi connectivity index (χ1) is 14.8. The number of non-ortho nitro benzene ring substituents is 1. The fourth-order valence-corrected chi connectivity index (χ4v) is 3.27. The molecule has 9 nitrogen and oxygen atoms in total. The van der Waals surface area contributed by atoms with Crippen LogP contribution in [0.4, 0.5) is 5.69 Å². The number of aromatic nitrogens is 2. The van der Waals surface area contributed by atoms with Crippen LogP contribution >= 0.6 is 15.9 Å². The largest absolute Gasteiger partial charge is 0.496 e. The lowest BCUT2D eigenvalue weighted by Crippen LogP contribution is -2.17. The molecule has 0 aliphatic heterocycles. The summed E-state index contributed by atoms with van der Waals surface area (Å²) >= 11 is 3.53. The van der Waals surface area contributed by atoms with Crippen LogP contribution in [0, 0.1) is 24.0 Å². The summed E-state index contributed by atoms with van der Waals surface area (Å²) in [5, 5.41) is 19.3. The Hall–Kier alpha value is -3.53. The molecule has 1 aromatic heterocycles. The molecule has 0 spiro atoms. The number of nitro benzene ring substituents is 1. The Kier molecular flexibility index (Phi) is 6.81. The molecular formula is C21H20BrN5O4. The zero-order valence-corrected chi connectivity index (χ0v) is 18.7. The Labute approximate surface area is 187 Å². The van der Waals surface area contributed by atoms with E-state index in [0.29, 0.717) is 12.3 Å². The number of methoxy groups -OCH3 is 1. The van der Waals surface area contributed by atoms with Crippen molar-refractivity contribution in [2.24, 2.45) is 5.10 Å². The zero-order valence-electron chi connectivity index (χ0n) is 17.1. The van der Waals surface area contributed by atoms with Crippen molar-refractivity contribution < 1.29 is 14.5 Å². The number of carbonyl (C=O) groups excluding carboxylic acids is 1. The van der Waals surface area contributed by atoms with Crippen LogP contribution in [-0.2, 0) is 6.54 Å². The van der Waals surface area contributed by atoms with Crippen LogP contribution < -0.4 is 10.2 Å². The van der Waals surface area contributed by atoms with Gasteiger partial charge in [-0.3, -0.25) is 19.6 Å². The summed E-state index contributed by atoms with van der Waals surface area (Å²) in [6.45, 7) is 4.41. The third-order valence-electron chi connectivity index (χ3n) is 4.62. The Bertz CT molecular complexity index is 1170. The summed E-state index contributed by atoms with van der Waals surface area (Å²) in [5.74, 6) is 0.169. The van der Waals surface area contributed by atoms with Gasteiger partial charge in [0.25, 0.3) is 11.6 Å². The number of hydrazone groups is 1. The lowest BCUT2D eigenvalue weighted by atomic mass is 10.1. The van der Waals surface area contributed by atoms with Gasteiger partial charge in [-0.25, -0.2) is 5.43 Å². The molecule has 0 atom stereocenters. The monoisotopic (exact) mass is 485 g/mol. The van der Waals surface area contributed by atoms with Crippen LogP contribution in [0.3, 0.4) is 0 Å². The molecule has 3 rings (SSSR count). The first kappa shape index (κ1) is 22.2. The van der Waals surface area contributed by atoms with E-state index in [0.717, 1.165) is 27.0 Å². The minimum Gasteiger partial charge on any atom is -0.496 e. The van der Waals surface area contributed by atoms with Crippen LogP contribution in [0.2, 0.25) is 0 Å². The first-order valence-electron chi connectivity index (χ1n) is 9.24. The van der Waals surface area contributed by atoms with Crippen LogP contribution in [0.5, 0.6) is 5.75 Å². The summed E-state index contributed by atoms with van der Waals surface area (Å²) in [6.07, 6.45) is 1.50. The number of rotatable bonds is 7. The van der Waals surface area contributed by atoms with E-state index in [2.05, 4.69) is 31.6 Å². The van der Waals surface area contributed by atoms with Gasteiger partial charge in [-0.1, -0.05) is 6.07 Å². The summed E-state index contributed by atoms with van der Waals surface area (Å²) < 4.78 is 8.30. The van der Waals surface area contributed by atoms with Gasteiger partial charge >= 0.3 is 0 Å². The molecule has 1 N–H and O–H groups in total. The summed E-state index contributed by atoms with van der Waals surface area (Å²) in [6, 6.07) is 11.0. The molecule has 31 heavy (non-hydrogen) atoms. The zero-order chi connectivity index (χ0) is 22.5. The number of hydrogen-bond acceptors (Lipinski definition) is 6. The normalized spacial score (nSPS) is 11.0. The van der Waals surface area contributed by atoms with E-state index >= 15 is 0 Å². The van der Waals surface area contributed by atoms with Gasteiger partial charge in [-0.2, -0.15) is 10.2 Å². The standard InChI is InChI=1S/C21H20BrN5O4/c1-13-20(22)14(2)26(25-13)12-17-9-15(7-8-19(17)31-3)11-23-24-21(28)16-5-4-6-18(10-16)27(29)30/h4-11H,12H2,1-3H3,(H,24,28). The highest BCUT2D eigenvalue weighted by atomic mass is 79.9. The fourth-order valence-electron chi connectivity index (χ4n) is 2.98. The molecule has 2 aromatic carbocycles. The molecule has 0 bridgehead atoms. The van der Waals surface area contributed by atoms with E-state index in [1.165, 1.54) is 30.5 Å². The second kappa shape index (κ2) is 9.52. The maximum absolute atomic E-state index is 12.2. The van der Waals surface area contributed by atoms with Crippen molar-refractivity contribution in [3.8, 4) is 5.75 Å². The number of halogens is 1. The molecule has 0 unspecified atom stereocenters. The second-order valence-corrected chi connectivity index (χ2v) is 7.51. The predicted molar refractivity (Wildman–Crippen MR) is 120 cm³/mol. The highest BCUT2D eigenvalue weighted by Gasteiger charge is 2.13. The number of hydrogen-bond donors (Lipinski definition) is 1. The Morgan fingerprint density at radius 2 is 2.10 bits per heavy atom. The summed E-state index contributed by atoms with van der Waals surface area (Å²) in [7, 11) is 1.60. The minimum absolute atomic E-state index is 0.150. The molecule has 0 aliphatic rings. The number of nitro groups is 1. The van der Waals surface area contributed by atoms with Crippen LogP contribution in [-0.4, -0.2) is 33.9 Å². The van der Waals surface area contributed by atoms with E-state index in [9.17, 15) is 14.9 Å². The van der Waals surface area contributed by atoms with E-state index in [1.807, 2.05) is 36.7 Å². The molecule has 3 aromatic rings. The summed E-state index contributed by atoms with van der Waals surface area (Å²) in [5.41, 5.74) is 5.92. The Morgan fingerprint density at radius 3 is 2.74 bits per heavy atom. The van der Waals surface area contributed by atoms with Gasteiger partial charge in [0, 0.05) is 23.3 Å². The number of nitrogens with one attached hydrogen (secondary N) is 1. The topological polar surface area (TPSA) is 112 Å². The highest BCUT2D eigenvalue weighted by molar-refractivity contribution is 9.10. The highest BCUT2D eigenvalue weighted by Crippen LogP contribution is 2.24. The van der Waals surface area contributed by atoms with E-state index < -0.39 is 10.8 Å². The molecule has 0 aliphatic carbocycles. The number of nitrogens with zero attached hydrogens (tertiary/aromatic N) is 4. The van der Waals surface area contributed by atoms with Gasteiger partial charge in [0.15, 0.2) is 0 Å². The average Bonchev–Trinajstić information content (AvgIpc) is 3.00. The lowest BCUT2D eigenvalue weighted by Gasteiger charge is -2.11. The molecule has 1 amide bonds.